The highest BCUT2D eigenvalue weighted by molar-refractivity contribution is 7.99. The molecule has 6 nitrogen and oxygen atoms in total. The third-order valence-corrected chi connectivity index (χ3v) is 7.68. The van der Waals surface area contributed by atoms with Crippen molar-refractivity contribution < 1.29 is 9.53 Å². The molecule has 0 saturated carbocycles. The zero-order valence-electron chi connectivity index (χ0n) is 21.4. The second-order valence-corrected chi connectivity index (χ2v) is 10.8. The van der Waals surface area contributed by atoms with Crippen molar-refractivity contribution in [1.82, 2.24) is 15.0 Å². The smallest absolute Gasteiger partial charge is 0.226 e. The number of H-pyrrole nitrogens is 1. The van der Waals surface area contributed by atoms with E-state index in [9.17, 15) is 4.79 Å². The number of carbonyl (C=O) groups is 1. The molecule has 0 bridgehead atoms. The first-order chi connectivity index (χ1) is 18.5. The molecule has 0 saturated heterocycles. The van der Waals surface area contributed by atoms with Gasteiger partial charge in [-0.1, -0.05) is 83.6 Å². The van der Waals surface area contributed by atoms with Crippen LogP contribution in [0, 0.1) is 13.8 Å². The van der Waals surface area contributed by atoms with Crippen LogP contribution >= 0.6 is 23.1 Å². The minimum Gasteiger partial charge on any atom is -0.496 e. The predicted molar refractivity (Wildman–Crippen MR) is 157 cm³/mol. The van der Waals surface area contributed by atoms with Gasteiger partial charge in [0, 0.05) is 34.2 Å². The van der Waals surface area contributed by atoms with Crippen LogP contribution in [0.15, 0.2) is 83.3 Å². The van der Waals surface area contributed by atoms with Crippen LogP contribution in [0.4, 0.5) is 5.13 Å². The van der Waals surface area contributed by atoms with E-state index in [0.717, 1.165) is 44.7 Å². The molecule has 0 unspecified atom stereocenters. The predicted octanol–water partition coefficient (Wildman–Crippen LogP) is 7.61. The monoisotopic (exact) mass is 540 g/mol. The Morgan fingerprint density at radius 1 is 0.947 bits per heavy atom. The fourth-order valence-corrected chi connectivity index (χ4v) is 5.54. The molecule has 0 fully saturated rings. The topological polar surface area (TPSA) is 79.9 Å². The number of thiazole rings is 1. The van der Waals surface area contributed by atoms with Crippen molar-refractivity contribution in [3.63, 3.8) is 0 Å². The van der Waals surface area contributed by atoms with Crippen LogP contribution < -0.4 is 10.1 Å². The van der Waals surface area contributed by atoms with Crippen molar-refractivity contribution in [3.8, 4) is 39.5 Å². The average Bonchev–Trinajstić information content (AvgIpc) is 3.57. The van der Waals surface area contributed by atoms with Gasteiger partial charge >= 0.3 is 0 Å². The number of anilines is 1. The minimum atomic E-state index is -0.0810. The molecule has 192 valence electrons. The Morgan fingerprint density at radius 2 is 1.63 bits per heavy atom. The van der Waals surface area contributed by atoms with Crippen LogP contribution in [0.25, 0.3) is 33.8 Å². The van der Waals surface area contributed by atoms with Crippen LogP contribution in [-0.4, -0.2) is 33.7 Å². The fourth-order valence-electron chi connectivity index (χ4n) is 4.00. The van der Waals surface area contributed by atoms with Gasteiger partial charge in [0.1, 0.15) is 5.75 Å². The van der Waals surface area contributed by atoms with Gasteiger partial charge in [0.15, 0.2) is 10.3 Å². The number of benzene rings is 3. The number of para-hydroxylation sites is 1. The van der Waals surface area contributed by atoms with E-state index >= 15 is 0 Å². The highest BCUT2D eigenvalue weighted by atomic mass is 32.2. The first kappa shape index (κ1) is 25.8. The summed E-state index contributed by atoms with van der Waals surface area (Å²) >= 11 is 2.94. The number of amides is 1. The van der Waals surface area contributed by atoms with E-state index in [1.54, 1.807) is 7.11 Å². The van der Waals surface area contributed by atoms with Crippen molar-refractivity contribution in [2.24, 2.45) is 0 Å². The number of aromatic nitrogens is 3. The Morgan fingerprint density at radius 3 is 2.34 bits per heavy atom. The van der Waals surface area contributed by atoms with Gasteiger partial charge in [-0.15, -0.1) is 11.3 Å². The lowest BCUT2D eigenvalue weighted by Gasteiger charge is -2.05. The molecule has 5 rings (SSSR count). The molecule has 1 amide bonds. The Labute approximate surface area is 230 Å². The van der Waals surface area contributed by atoms with Crippen molar-refractivity contribution >= 4 is 34.1 Å². The molecule has 2 heterocycles. The van der Waals surface area contributed by atoms with Crippen molar-refractivity contribution in [3.05, 3.63) is 89.3 Å². The SMILES string of the molecule is COc1ccccc1-c1csc(NC(=O)CCSc2nc(-c3ccc(C)cc3)c(-c3ccc(C)cc3)[nH]2)n1. The number of ether oxygens (including phenoxy) is 1. The number of methoxy groups -OCH3 is 1. The zero-order chi connectivity index (χ0) is 26.5. The molecule has 2 N–H and O–H groups in total. The highest BCUT2D eigenvalue weighted by Crippen LogP contribution is 2.34. The minimum absolute atomic E-state index is 0.0810. The molecule has 2 aromatic heterocycles. The van der Waals surface area contributed by atoms with E-state index < -0.39 is 0 Å². The summed E-state index contributed by atoms with van der Waals surface area (Å²) in [6.07, 6.45) is 0.342. The summed E-state index contributed by atoms with van der Waals surface area (Å²) in [6.45, 7) is 4.15. The number of hydrogen-bond acceptors (Lipinski definition) is 6. The maximum Gasteiger partial charge on any atom is 0.226 e. The molecule has 38 heavy (non-hydrogen) atoms. The third kappa shape index (κ3) is 5.98. The lowest BCUT2D eigenvalue weighted by Crippen LogP contribution is -2.12. The Balaban J connectivity index is 1.25. The van der Waals surface area contributed by atoms with Crippen molar-refractivity contribution in [2.45, 2.75) is 25.4 Å². The molecule has 0 aliphatic carbocycles. The van der Waals surface area contributed by atoms with Gasteiger partial charge in [-0.2, -0.15) is 0 Å². The lowest BCUT2D eigenvalue weighted by molar-refractivity contribution is -0.115. The van der Waals surface area contributed by atoms with E-state index in [4.69, 9.17) is 9.72 Å². The molecule has 3 aromatic carbocycles. The summed E-state index contributed by atoms with van der Waals surface area (Å²) in [5.74, 6) is 1.26. The zero-order valence-corrected chi connectivity index (χ0v) is 23.1. The van der Waals surface area contributed by atoms with E-state index in [0.29, 0.717) is 17.3 Å². The van der Waals surface area contributed by atoms with Gasteiger partial charge in [0.05, 0.1) is 24.2 Å². The number of nitrogens with one attached hydrogen (secondary N) is 2. The molecular weight excluding hydrogens is 512 g/mol. The van der Waals surface area contributed by atoms with Gasteiger partial charge in [-0.05, 0) is 26.0 Å². The van der Waals surface area contributed by atoms with Crippen LogP contribution in [0.5, 0.6) is 5.75 Å². The Bertz CT molecular complexity index is 1480. The van der Waals surface area contributed by atoms with E-state index in [1.807, 2.05) is 29.6 Å². The van der Waals surface area contributed by atoms with E-state index in [1.165, 1.54) is 34.2 Å². The summed E-state index contributed by atoms with van der Waals surface area (Å²) in [7, 11) is 1.64. The number of aromatic amines is 1. The van der Waals surface area contributed by atoms with Gasteiger partial charge in [-0.3, -0.25) is 4.79 Å². The summed E-state index contributed by atoms with van der Waals surface area (Å²) in [6, 6.07) is 24.5. The molecule has 0 aliphatic heterocycles. The maximum atomic E-state index is 12.6. The first-order valence-corrected chi connectivity index (χ1v) is 14.1. The maximum absolute atomic E-state index is 12.6. The summed E-state index contributed by atoms with van der Waals surface area (Å²) in [4.78, 5) is 25.6. The lowest BCUT2D eigenvalue weighted by atomic mass is 10.0. The number of carbonyl (C=O) groups excluding carboxylic acids is 1. The van der Waals surface area contributed by atoms with Gasteiger partial charge in [-0.25, -0.2) is 9.97 Å². The second-order valence-electron chi connectivity index (χ2n) is 8.88. The van der Waals surface area contributed by atoms with Crippen LogP contribution in [0.3, 0.4) is 0 Å². The van der Waals surface area contributed by atoms with Gasteiger partial charge in [0.2, 0.25) is 5.91 Å². The Hall–Kier alpha value is -3.88. The number of hydrogen-bond donors (Lipinski definition) is 2. The standard InChI is InChI=1S/C30H28N4O2S2/c1-19-8-12-21(13-9-19)27-28(22-14-10-20(2)11-15-22)34-30(33-27)37-17-16-26(35)32-29-31-24(18-38-29)23-6-4-5-7-25(23)36-3/h4-15,18H,16-17H2,1-3H3,(H,33,34)(H,31,32,35). The Kier molecular flexibility index (Phi) is 7.91. The van der Waals surface area contributed by atoms with Crippen molar-refractivity contribution in [2.75, 3.05) is 18.2 Å². The van der Waals surface area contributed by atoms with Gasteiger partial charge in [0.25, 0.3) is 0 Å². The number of nitrogens with zero attached hydrogens (tertiary/aromatic N) is 2. The fraction of sp³-hybridized carbons (Fsp3) is 0.167. The van der Waals surface area contributed by atoms with Crippen molar-refractivity contribution in [1.29, 1.82) is 0 Å². The molecule has 0 radical (unpaired) electrons. The molecule has 5 aromatic rings. The molecular formula is C30H28N4O2S2. The van der Waals surface area contributed by atoms with Crippen LogP contribution in [0.1, 0.15) is 17.5 Å². The van der Waals surface area contributed by atoms with Gasteiger partial charge < -0.3 is 15.0 Å². The number of thioether (sulfide) groups is 1. The molecule has 0 atom stereocenters. The summed E-state index contributed by atoms with van der Waals surface area (Å²) in [5.41, 5.74) is 8.12. The van der Waals surface area contributed by atoms with E-state index in [-0.39, 0.29) is 5.91 Å². The number of imidazole rings is 1. The largest absolute Gasteiger partial charge is 0.496 e. The average molecular weight is 541 g/mol. The number of rotatable bonds is 9. The molecule has 0 spiro atoms. The first-order valence-electron chi connectivity index (χ1n) is 12.3. The quantitative estimate of drug-likeness (QED) is 0.188. The second kappa shape index (κ2) is 11.7. The van der Waals surface area contributed by atoms with E-state index in [2.05, 4.69) is 77.7 Å². The molecule has 8 heteroatoms. The molecule has 0 aliphatic rings. The third-order valence-electron chi connectivity index (χ3n) is 6.05. The highest BCUT2D eigenvalue weighted by Gasteiger charge is 2.16. The summed E-state index contributed by atoms with van der Waals surface area (Å²) < 4.78 is 5.43. The number of aryl methyl sites for hydroxylation is 2. The normalized spacial score (nSPS) is 10.9. The van der Waals surface area contributed by atoms with Crippen LogP contribution in [-0.2, 0) is 4.79 Å². The van der Waals surface area contributed by atoms with Crippen LogP contribution in [0.2, 0.25) is 0 Å². The summed E-state index contributed by atoms with van der Waals surface area (Å²) in [5, 5.41) is 6.20.